The molecule has 0 saturated carbocycles. The molecule has 0 aromatic heterocycles. The van der Waals surface area contributed by atoms with Crippen molar-refractivity contribution in [3.63, 3.8) is 0 Å². The van der Waals surface area contributed by atoms with E-state index in [9.17, 15) is 18.4 Å². The Labute approximate surface area is 208 Å². The highest BCUT2D eigenvalue weighted by Crippen LogP contribution is 2.21. The van der Waals surface area contributed by atoms with Gasteiger partial charge in [0.25, 0.3) is 5.91 Å². The van der Waals surface area contributed by atoms with E-state index in [0.717, 1.165) is 25.9 Å². The van der Waals surface area contributed by atoms with Crippen LogP contribution in [-0.4, -0.2) is 76.0 Å². The fourth-order valence-corrected chi connectivity index (χ4v) is 3.54. The van der Waals surface area contributed by atoms with Gasteiger partial charge in [-0.15, -0.1) is 0 Å². The van der Waals surface area contributed by atoms with Gasteiger partial charge < -0.3 is 24.7 Å². The minimum Gasteiger partial charge on any atom is -0.491 e. The summed E-state index contributed by atoms with van der Waals surface area (Å²) in [6.07, 6.45) is 2.10. The minimum atomic E-state index is -2.79. The molecule has 9 nitrogen and oxygen atoms in total. The molecule has 1 aliphatic rings. The Hall–Kier alpha value is -3.12. The van der Waals surface area contributed by atoms with Crippen molar-refractivity contribution in [1.82, 2.24) is 10.4 Å². The van der Waals surface area contributed by atoms with Gasteiger partial charge in [0.1, 0.15) is 12.4 Å². The number of ketones is 1. The molecule has 3 N–H and O–H groups in total. The summed E-state index contributed by atoms with van der Waals surface area (Å²) in [6.45, 7) is -0.0971. The zero-order chi connectivity index (χ0) is 25.8. The Morgan fingerprint density at radius 2 is 1.50 bits per heavy atom. The summed E-state index contributed by atoms with van der Waals surface area (Å²) >= 11 is 0. The second-order valence-electron chi connectivity index (χ2n) is 8.00. The van der Waals surface area contributed by atoms with Crippen molar-refractivity contribution in [3.05, 3.63) is 59.2 Å². The van der Waals surface area contributed by atoms with Gasteiger partial charge in [0, 0.05) is 35.5 Å². The highest BCUT2D eigenvalue weighted by atomic mass is 19.3. The Kier molecular flexibility index (Phi) is 11.0. The Morgan fingerprint density at radius 3 is 2.14 bits per heavy atom. The first-order valence-electron chi connectivity index (χ1n) is 11.7. The number of nitrogens with one attached hydrogen (secondary N) is 1. The van der Waals surface area contributed by atoms with Gasteiger partial charge in [-0.25, -0.2) is 5.01 Å². The molecule has 1 aliphatic heterocycles. The van der Waals surface area contributed by atoms with Crippen LogP contribution in [0.1, 0.15) is 39.1 Å². The number of ether oxygens (including phenoxy) is 4. The highest BCUT2D eigenvalue weighted by molar-refractivity contribution is 6.12. The van der Waals surface area contributed by atoms with E-state index in [0.29, 0.717) is 35.7 Å². The molecule has 1 amide bonds. The zero-order valence-corrected chi connectivity index (χ0v) is 19.9. The summed E-state index contributed by atoms with van der Waals surface area (Å²) < 4.78 is 43.6. The lowest BCUT2D eigenvalue weighted by Gasteiger charge is -2.16. The van der Waals surface area contributed by atoms with Crippen molar-refractivity contribution >= 4 is 17.4 Å². The normalized spacial score (nSPS) is 13.8. The van der Waals surface area contributed by atoms with Gasteiger partial charge in [0.05, 0.1) is 33.0 Å². The fraction of sp³-hybridized carbons (Fsp3) is 0.440. The van der Waals surface area contributed by atoms with E-state index in [-0.39, 0.29) is 43.8 Å². The SMILES string of the molecule is Nc1cc(C(=O)NN2CCCC2)ccc1C(=O)c1ccc(OCCOCCOCCOC(F)F)cc1. The topological polar surface area (TPSA) is 112 Å². The molecule has 2 aromatic carbocycles. The van der Waals surface area contributed by atoms with Gasteiger partial charge in [0.15, 0.2) is 5.78 Å². The first-order chi connectivity index (χ1) is 17.4. The van der Waals surface area contributed by atoms with Crippen molar-refractivity contribution in [1.29, 1.82) is 0 Å². The van der Waals surface area contributed by atoms with Crippen LogP contribution < -0.4 is 15.9 Å². The van der Waals surface area contributed by atoms with Gasteiger partial charge in [-0.2, -0.15) is 8.78 Å². The lowest BCUT2D eigenvalue weighted by molar-refractivity contribution is -0.140. The molecule has 36 heavy (non-hydrogen) atoms. The number of anilines is 1. The maximum atomic E-state index is 12.9. The second kappa shape index (κ2) is 14.4. The predicted octanol–water partition coefficient (Wildman–Crippen LogP) is 2.89. The molecular formula is C25H31F2N3O6. The van der Waals surface area contributed by atoms with Crippen LogP contribution in [-0.2, 0) is 14.2 Å². The molecular weight excluding hydrogens is 476 g/mol. The Bertz CT molecular complexity index is 984. The number of nitrogens with zero attached hydrogens (tertiary/aromatic N) is 1. The summed E-state index contributed by atoms with van der Waals surface area (Å²) in [7, 11) is 0. The summed E-state index contributed by atoms with van der Waals surface area (Å²) in [5.41, 5.74) is 10.3. The van der Waals surface area contributed by atoms with Crippen LogP contribution in [0.4, 0.5) is 14.5 Å². The maximum absolute atomic E-state index is 12.9. The number of nitrogens with two attached hydrogens (primary N) is 1. The van der Waals surface area contributed by atoms with Crippen LogP contribution in [0.2, 0.25) is 0 Å². The van der Waals surface area contributed by atoms with Crippen LogP contribution in [0.3, 0.4) is 0 Å². The van der Waals surface area contributed by atoms with Gasteiger partial charge in [-0.3, -0.25) is 15.0 Å². The van der Waals surface area contributed by atoms with Crippen molar-refractivity contribution in [3.8, 4) is 5.75 Å². The zero-order valence-electron chi connectivity index (χ0n) is 19.9. The molecule has 3 rings (SSSR count). The van der Waals surface area contributed by atoms with Gasteiger partial charge in [0.2, 0.25) is 0 Å². The molecule has 1 heterocycles. The molecule has 196 valence electrons. The largest absolute Gasteiger partial charge is 0.491 e. The number of carbonyl (C=O) groups is 2. The molecule has 1 fully saturated rings. The Morgan fingerprint density at radius 1 is 0.889 bits per heavy atom. The van der Waals surface area contributed by atoms with E-state index < -0.39 is 6.61 Å². The van der Waals surface area contributed by atoms with Crippen LogP contribution in [0, 0.1) is 0 Å². The number of benzene rings is 2. The summed E-state index contributed by atoms with van der Waals surface area (Å²) in [6, 6.07) is 11.3. The molecule has 1 saturated heterocycles. The second-order valence-corrected chi connectivity index (χ2v) is 8.00. The van der Waals surface area contributed by atoms with Crippen LogP contribution in [0.15, 0.2) is 42.5 Å². The van der Waals surface area contributed by atoms with E-state index in [4.69, 9.17) is 19.9 Å². The Balaban J connectivity index is 1.39. The number of nitrogen functional groups attached to an aromatic ring is 1. The summed E-state index contributed by atoms with van der Waals surface area (Å²) in [5, 5.41) is 1.88. The smallest absolute Gasteiger partial charge is 0.345 e. The number of hydrazine groups is 1. The van der Waals surface area contributed by atoms with Crippen molar-refractivity contribution in [2.75, 3.05) is 58.5 Å². The van der Waals surface area contributed by atoms with E-state index in [2.05, 4.69) is 10.2 Å². The monoisotopic (exact) mass is 507 g/mol. The van der Waals surface area contributed by atoms with Crippen molar-refractivity contribution in [2.45, 2.75) is 19.5 Å². The van der Waals surface area contributed by atoms with E-state index >= 15 is 0 Å². The van der Waals surface area contributed by atoms with Gasteiger partial charge in [-0.05, 0) is 55.3 Å². The number of halogens is 2. The average molecular weight is 508 g/mol. The van der Waals surface area contributed by atoms with E-state index in [1.54, 1.807) is 36.4 Å². The van der Waals surface area contributed by atoms with Crippen LogP contribution in [0.25, 0.3) is 0 Å². The molecule has 11 heteroatoms. The average Bonchev–Trinajstić information content (AvgIpc) is 3.38. The molecule has 0 radical (unpaired) electrons. The summed E-state index contributed by atoms with van der Waals surface area (Å²) in [5.74, 6) is 0.0605. The first-order valence-corrected chi connectivity index (χ1v) is 11.7. The van der Waals surface area contributed by atoms with E-state index in [1.807, 2.05) is 5.01 Å². The number of hydrogen-bond donors (Lipinski definition) is 2. The third kappa shape index (κ3) is 8.83. The lowest BCUT2D eigenvalue weighted by atomic mass is 10.00. The van der Waals surface area contributed by atoms with Crippen molar-refractivity contribution in [2.24, 2.45) is 0 Å². The van der Waals surface area contributed by atoms with Crippen LogP contribution in [0.5, 0.6) is 5.75 Å². The molecule has 0 bridgehead atoms. The molecule has 2 aromatic rings. The standard InChI is InChI=1S/C25H31F2N3O6/c26-25(27)36-16-14-34-12-11-33-13-15-35-20-6-3-18(4-7-20)23(31)21-8-5-19(17-22(21)28)24(32)29-30-9-1-2-10-30/h3-8,17,25H,1-2,9-16,28H2,(H,29,32). The fourth-order valence-electron chi connectivity index (χ4n) is 3.54. The molecule has 0 atom stereocenters. The third-order valence-electron chi connectivity index (χ3n) is 5.38. The maximum Gasteiger partial charge on any atom is 0.345 e. The third-order valence-corrected chi connectivity index (χ3v) is 5.38. The number of hydrogen-bond acceptors (Lipinski definition) is 8. The van der Waals surface area contributed by atoms with Crippen molar-refractivity contribution < 1.29 is 37.3 Å². The number of rotatable bonds is 15. The molecule has 0 spiro atoms. The quantitative estimate of drug-likeness (QED) is 0.215. The predicted molar refractivity (Wildman–Crippen MR) is 128 cm³/mol. The number of carbonyl (C=O) groups excluding carboxylic acids is 2. The lowest BCUT2D eigenvalue weighted by Crippen LogP contribution is -2.40. The highest BCUT2D eigenvalue weighted by Gasteiger charge is 2.18. The minimum absolute atomic E-state index is 0.0686. The number of alkyl halides is 2. The molecule has 0 unspecified atom stereocenters. The van der Waals surface area contributed by atoms with Gasteiger partial charge >= 0.3 is 6.61 Å². The van der Waals surface area contributed by atoms with E-state index in [1.165, 1.54) is 6.07 Å². The summed E-state index contributed by atoms with van der Waals surface area (Å²) in [4.78, 5) is 25.3. The molecule has 0 aliphatic carbocycles. The van der Waals surface area contributed by atoms with Crippen LogP contribution >= 0.6 is 0 Å². The number of amides is 1. The van der Waals surface area contributed by atoms with Gasteiger partial charge in [-0.1, -0.05) is 0 Å². The first kappa shape index (κ1) is 27.5.